The van der Waals surface area contributed by atoms with Crippen molar-refractivity contribution >= 4 is 28.3 Å². The van der Waals surface area contributed by atoms with Gasteiger partial charge in [0.25, 0.3) is 11.3 Å². The van der Waals surface area contributed by atoms with Gasteiger partial charge in [0.2, 0.25) is 0 Å². The third-order valence-electron chi connectivity index (χ3n) is 4.76. The fourth-order valence-electron chi connectivity index (χ4n) is 3.30. The minimum atomic E-state index is -0.720. The zero-order valence-corrected chi connectivity index (χ0v) is 15.1. The molecule has 0 spiro atoms. The van der Waals surface area contributed by atoms with E-state index in [4.69, 9.17) is 0 Å². The average Bonchev–Trinajstić information content (AvgIpc) is 2.92. The van der Waals surface area contributed by atoms with Crippen LogP contribution >= 0.6 is 0 Å². The highest BCUT2D eigenvalue weighted by atomic mass is 19.1. The lowest BCUT2D eigenvalue weighted by Gasteiger charge is -2.26. The maximum absolute atomic E-state index is 13.4. The Balaban J connectivity index is 1.60. The normalized spacial score (nSPS) is 13.6. The van der Waals surface area contributed by atoms with Crippen LogP contribution in [0.15, 0.2) is 47.3 Å². The Morgan fingerprint density at radius 3 is 2.71 bits per heavy atom. The number of aromatic amines is 1. The van der Waals surface area contributed by atoms with Gasteiger partial charge in [-0.05, 0) is 36.9 Å². The fraction of sp³-hybridized carbons (Fsp3) is 0.200. The van der Waals surface area contributed by atoms with Crippen LogP contribution in [-0.4, -0.2) is 39.8 Å². The van der Waals surface area contributed by atoms with Crippen molar-refractivity contribution in [2.45, 2.75) is 13.5 Å². The number of benzene rings is 2. The van der Waals surface area contributed by atoms with E-state index in [1.165, 1.54) is 17.0 Å². The summed E-state index contributed by atoms with van der Waals surface area (Å²) in [6, 6.07) is 10.8. The summed E-state index contributed by atoms with van der Waals surface area (Å²) in [7, 11) is 0. The number of para-hydroxylation sites is 1. The molecule has 1 N–H and O–H groups in total. The lowest BCUT2D eigenvalue weighted by molar-refractivity contribution is -0.114. The molecule has 0 unspecified atom stereocenters. The van der Waals surface area contributed by atoms with Crippen molar-refractivity contribution in [2.24, 2.45) is 0 Å². The van der Waals surface area contributed by atoms with Gasteiger partial charge < -0.3 is 4.98 Å². The Morgan fingerprint density at radius 2 is 1.93 bits per heavy atom. The Hall–Kier alpha value is -3.39. The standard InChI is InChI=1S/C20H17FN4O3/c1-2-24(10-17-22-15-6-4-3-5-13(15)19(27)23-17)11-25-16-8-7-12(21)9-14(16)18(26)20(25)28/h3-9H,2,10-11H2,1H3,(H,22,23,27). The summed E-state index contributed by atoms with van der Waals surface area (Å²) < 4.78 is 13.4. The Kier molecular flexibility index (Phi) is 4.48. The molecule has 8 heteroatoms. The minimum Gasteiger partial charge on any atom is -0.309 e. The van der Waals surface area contributed by atoms with Gasteiger partial charge in [-0.15, -0.1) is 0 Å². The summed E-state index contributed by atoms with van der Waals surface area (Å²) in [6.07, 6.45) is 0. The molecule has 7 nitrogen and oxygen atoms in total. The lowest BCUT2D eigenvalue weighted by atomic mass is 10.1. The largest absolute Gasteiger partial charge is 0.309 e. The molecule has 1 aliphatic rings. The number of fused-ring (bicyclic) bond motifs is 2. The number of hydrogen-bond acceptors (Lipinski definition) is 5. The molecule has 1 aromatic heterocycles. The van der Waals surface area contributed by atoms with Crippen molar-refractivity contribution in [1.82, 2.24) is 14.9 Å². The maximum Gasteiger partial charge on any atom is 0.300 e. The van der Waals surface area contributed by atoms with E-state index in [0.29, 0.717) is 29.0 Å². The summed E-state index contributed by atoms with van der Waals surface area (Å²) in [5.41, 5.74) is 0.809. The molecule has 1 amide bonds. The van der Waals surface area contributed by atoms with Gasteiger partial charge in [0.1, 0.15) is 11.6 Å². The quantitative estimate of drug-likeness (QED) is 0.685. The van der Waals surface area contributed by atoms with Gasteiger partial charge in [-0.2, -0.15) is 0 Å². The topological polar surface area (TPSA) is 86.4 Å². The monoisotopic (exact) mass is 380 g/mol. The first kappa shape index (κ1) is 18.0. The van der Waals surface area contributed by atoms with E-state index >= 15 is 0 Å². The number of aromatic nitrogens is 2. The van der Waals surface area contributed by atoms with Crippen LogP contribution in [0.3, 0.4) is 0 Å². The molecule has 0 bridgehead atoms. The Morgan fingerprint density at radius 1 is 1.14 bits per heavy atom. The highest BCUT2D eigenvalue weighted by molar-refractivity contribution is 6.52. The summed E-state index contributed by atoms with van der Waals surface area (Å²) in [5.74, 6) is -1.52. The zero-order valence-electron chi connectivity index (χ0n) is 15.1. The highest BCUT2D eigenvalue weighted by Crippen LogP contribution is 2.29. The molecule has 28 heavy (non-hydrogen) atoms. The third kappa shape index (κ3) is 3.07. The van der Waals surface area contributed by atoms with E-state index in [1.54, 1.807) is 24.3 Å². The van der Waals surface area contributed by atoms with Gasteiger partial charge in [-0.3, -0.25) is 24.2 Å². The molecule has 1 aliphatic heterocycles. The molecule has 0 fully saturated rings. The van der Waals surface area contributed by atoms with Crippen molar-refractivity contribution in [3.63, 3.8) is 0 Å². The van der Waals surface area contributed by atoms with Crippen LogP contribution in [0.5, 0.6) is 0 Å². The number of amides is 1. The molecule has 2 aromatic carbocycles. The highest BCUT2D eigenvalue weighted by Gasteiger charge is 2.36. The average molecular weight is 380 g/mol. The molecule has 0 aliphatic carbocycles. The number of nitrogens with one attached hydrogen (secondary N) is 1. The van der Waals surface area contributed by atoms with Crippen LogP contribution in [0.2, 0.25) is 0 Å². The molecule has 0 saturated carbocycles. The summed E-state index contributed by atoms with van der Waals surface area (Å²) in [5, 5.41) is 0.505. The molecule has 2 heterocycles. The van der Waals surface area contributed by atoms with Gasteiger partial charge >= 0.3 is 5.91 Å². The van der Waals surface area contributed by atoms with Crippen LogP contribution < -0.4 is 10.5 Å². The summed E-state index contributed by atoms with van der Waals surface area (Å²) in [6.45, 7) is 2.85. The van der Waals surface area contributed by atoms with Gasteiger partial charge in [-0.25, -0.2) is 9.37 Å². The van der Waals surface area contributed by atoms with Gasteiger partial charge in [0.05, 0.1) is 35.4 Å². The number of Topliss-reactive ketones (excluding diaryl/α,β-unsaturated/α-hetero) is 1. The number of rotatable bonds is 5. The van der Waals surface area contributed by atoms with Crippen molar-refractivity contribution in [2.75, 3.05) is 18.1 Å². The number of anilines is 1. The van der Waals surface area contributed by atoms with Crippen molar-refractivity contribution < 1.29 is 14.0 Å². The predicted octanol–water partition coefficient (Wildman–Crippen LogP) is 2.07. The van der Waals surface area contributed by atoms with E-state index < -0.39 is 17.5 Å². The Labute approximate surface area is 159 Å². The fourth-order valence-corrected chi connectivity index (χ4v) is 3.30. The summed E-state index contributed by atoms with van der Waals surface area (Å²) in [4.78, 5) is 47.2. The van der Waals surface area contributed by atoms with Gasteiger partial charge in [0, 0.05) is 0 Å². The van der Waals surface area contributed by atoms with Crippen LogP contribution in [-0.2, 0) is 11.3 Å². The maximum atomic E-state index is 13.4. The first-order valence-corrected chi connectivity index (χ1v) is 8.84. The first-order chi connectivity index (χ1) is 13.5. The molecule has 0 atom stereocenters. The van der Waals surface area contributed by atoms with Crippen molar-refractivity contribution in [1.29, 1.82) is 0 Å². The van der Waals surface area contributed by atoms with E-state index in [1.807, 2.05) is 11.8 Å². The second-order valence-corrected chi connectivity index (χ2v) is 6.54. The van der Waals surface area contributed by atoms with Crippen LogP contribution in [0.4, 0.5) is 10.1 Å². The predicted molar refractivity (Wildman–Crippen MR) is 102 cm³/mol. The molecule has 4 rings (SSSR count). The lowest BCUT2D eigenvalue weighted by Crippen LogP contribution is -2.41. The van der Waals surface area contributed by atoms with E-state index in [0.717, 1.165) is 6.07 Å². The van der Waals surface area contributed by atoms with E-state index in [9.17, 15) is 18.8 Å². The second kappa shape index (κ2) is 6.97. The second-order valence-electron chi connectivity index (χ2n) is 6.54. The smallest absolute Gasteiger partial charge is 0.300 e. The Bertz CT molecular complexity index is 1160. The number of carbonyl (C=O) groups excluding carboxylic acids is 2. The third-order valence-corrected chi connectivity index (χ3v) is 4.76. The van der Waals surface area contributed by atoms with Crippen molar-refractivity contribution in [3.8, 4) is 0 Å². The number of nitrogens with zero attached hydrogens (tertiary/aromatic N) is 3. The molecular formula is C20H17FN4O3. The number of hydrogen-bond donors (Lipinski definition) is 1. The molecule has 3 aromatic rings. The van der Waals surface area contributed by atoms with Crippen molar-refractivity contribution in [3.05, 3.63) is 70.0 Å². The van der Waals surface area contributed by atoms with Crippen LogP contribution in [0, 0.1) is 5.82 Å². The van der Waals surface area contributed by atoms with Crippen LogP contribution in [0.25, 0.3) is 10.9 Å². The van der Waals surface area contributed by atoms with Crippen LogP contribution in [0.1, 0.15) is 23.1 Å². The molecule has 0 radical (unpaired) electrons. The number of halogens is 1. The van der Waals surface area contributed by atoms with Gasteiger partial charge in [-0.1, -0.05) is 19.1 Å². The molecule has 142 valence electrons. The molecular weight excluding hydrogens is 363 g/mol. The number of carbonyl (C=O) groups is 2. The van der Waals surface area contributed by atoms with Gasteiger partial charge in [0.15, 0.2) is 0 Å². The van der Waals surface area contributed by atoms with E-state index in [-0.39, 0.29) is 24.3 Å². The number of H-pyrrole nitrogens is 1. The summed E-state index contributed by atoms with van der Waals surface area (Å²) >= 11 is 0. The first-order valence-electron chi connectivity index (χ1n) is 8.84. The SMILES string of the molecule is CCN(Cc1nc2ccccc2c(=O)[nH]1)CN1C(=O)C(=O)c2cc(F)ccc21. The minimum absolute atomic E-state index is 0.0679. The number of ketones is 1. The molecule has 0 saturated heterocycles. The zero-order chi connectivity index (χ0) is 19.8. The van der Waals surface area contributed by atoms with E-state index in [2.05, 4.69) is 9.97 Å².